The number of rotatable bonds is 4. The van der Waals surface area contributed by atoms with Crippen molar-refractivity contribution in [2.45, 2.75) is 6.92 Å². The first-order chi connectivity index (χ1) is 14.3. The van der Waals surface area contributed by atoms with Gasteiger partial charge in [0, 0.05) is 15.6 Å². The third kappa shape index (κ3) is 3.87. The number of hydrogen-bond acceptors (Lipinski definition) is 4. The van der Waals surface area contributed by atoms with Crippen LogP contribution in [0.5, 0.6) is 0 Å². The Kier molecular flexibility index (Phi) is 5.20. The average molecular weight is 441 g/mol. The monoisotopic (exact) mass is 440 g/mol. The van der Waals surface area contributed by atoms with Crippen LogP contribution in [0.3, 0.4) is 0 Å². The number of hydrazone groups is 1. The smallest absolute Gasteiger partial charge is 0.335 e. The van der Waals surface area contributed by atoms with Gasteiger partial charge in [-0.1, -0.05) is 29.3 Å². The zero-order valence-electron chi connectivity index (χ0n) is 15.6. The molecule has 2 aromatic carbocycles. The fourth-order valence-corrected chi connectivity index (χ4v) is 3.58. The second kappa shape index (κ2) is 7.82. The van der Waals surface area contributed by atoms with Crippen LogP contribution in [0, 0.1) is 0 Å². The number of benzene rings is 2. The zero-order chi connectivity index (χ0) is 21.4. The van der Waals surface area contributed by atoms with Gasteiger partial charge in [0.2, 0.25) is 0 Å². The van der Waals surface area contributed by atoms with Crippen molar-refractivity contribution in [2.24, 2.45) is 5.10 Å². The molecule has 30 heavy (non-hydrogen) atoms. The van der Waals surface area contributed by atoms with E-state index in [0.717, 1.165) is 0 Å². The molecule has 1 N–H and O–H groups in total. The molecular formula is C22H14Cl2N2O4. The molecular weight excluding hydrogens is 427 g/mol. The van der Waals surface area contributed by atoms with Crippen LogP contribution >= 0.6 is 23.2 Å². The minimum absolute atomic E-state index is 0.0708. The second-order valence-electron chi connectivity index (χ2n) is 6.58. The first-order valence-electron chi connectivity index (χ1n) is 8.83. The van der Waals surface area contributed by atoms with Crippen LogP contribution in [-0.4, -0.2) is 22.7 Å². The van der Waals surface area contributed by atoms with Gasteiger partial charge >= 0.3 is 5.97 Å². The zero-order valence-corrected chi connectivity index (χ0v) is 17.1. The highest BCUT2D eigenvalue weighted by molar-refractivity contribution is 6.35. The van der Waals surface area contributed by atoms with Crippen molar-refractivity contribution in [3.8, 4) is 11.3 Å². The molecule has 1 amide bonds. The second-order valence-corrected chi connectivity index (χ2v) is 7.45. The van der Waals surface area contributed by atoms with Gasteiger partial charge in [-0.25, -0.2) is 4.79 Å². The molecule has 150 valence electrons. The first-order valence-corrected chi connectivity index (χ1v) is 9.59. The van der Waals surface area contributed by atoms with Gasteiger partial charge in [-0.2, -0.15) is 10.1 Å². The Morgan fingerprint density at radius 2 is 1.83 bits per heavy atom. The molecule has 0 radical (unpaired) electrons. The lowest BCUT2D eigenvalue weighted by atomic mass is 10.1. The summed E-state index contributed by atoms with van der Waals surface area (Å²) in [7, 11) is 0. The van der Waals surface area contributed by atoms with Crippen molar-refractivity contribution in [3.63, 3.8) is 0 Å². The van der Waals surface area contributed by atoms with Gasteiger partial charge in [-0.05, 0) is 61.5 Å². The van der Waals surface area contributed by atoms with E-state index in [0.29, 0.717) is 44.1 Å². The lowest BCUT2D eigenvalue weighted by molar-refractivity contribution is -0.114. The van der Waals surface area contributed by atoms with Crippen molar-refractivity contribution in [1.82, 2.24) is 0 Å². The van der Waals surface area contributed by atoms with Crippen LogP contribution < -0.4 is 5.01 Å². The number of halogens is 2. The molecule has 0 saturated heterocycles. The normalized spacial score (nSPS) is 15.0. The maximum atomic E-state index is 12.9. The van der Waals surface area contributed by atoms with E-state index in [1.165, 1.54) is 17.1 Å². The number of furan rings is 1. The van der Waals surface area contributed by atoms with Gasteiger partial charge in [0.15, 0.2) is 0 Å². The molecule has 8 heteroatoms. The summed E-state index contributed by atoms with van der Waals surface area (Å²) in [6, 6.07) is 14.6. The number of amides is 1. The van der Waals surface area contributed by atoms with Crippen LogP contribution in [0.2, 0.25) is 10.0 Å². The standard InChI is InChI=1S/C22H14Cl2N2O4/c1-12-19(21(27)26(25-12)17-4-2-3-13(9-17)22(28)29)11-18-5-6-20(30-18)14-7-15(23)10-16(24)8-14/h2-11H,1H3,(H,28,29). The highest BCUT2D eigenvalue weighted by atomic mass is 35.5. The van der Waals surface area contributed by atoms with E-state index < -0.39 is 5.97 Å². The largest absolute Gasteiger partial charge is 0.478 e. The predicted molar refractivity (Wildman–Crippen MR) is 116 cm³/mol. The molecule has 0 spiro atoms. The summed E-state index contributed by atoms with van der Waals surface area (Å²) in [6.45, 7) is 1.70. The van der Waals surface area contributed by atoms with Crippen molar-refractivity contribution in [3.05, 3.63) is 81.5 Å². The van der Waals surface area contributed by atoms with E-state index >= 15 is 0 Å². The third-order valence-corrected chi connectivity index (χ3v) is 4.90. The maximum Gasteiger partial charge on any atom is 0.335 e. The van der Waals surface area contributed by atoms with Crippen LogP contribution in [0.15, 0.2) is 69.7 Å². The molecule has 4 rings (SSSR count). The van der Waals surface area contributed by atoms with E-state index in [9.17, 15) is 9.59 Å². The minimum Gasteiger partial charge on any atom is -0.478 e. The molecule has 2 heterocycles. The van der Waals surface area contributed by atoms with Crippen molar-refractivity contribution in [1.29, 1.82) is 0 Å². The molecule has 1 aliphatic rings. The Bertz CT molecular complexity index is 1220. The molecule has 0 bridgehead atoms. The molecule has 6 nitrogen and oxygen atoms in total. The Balaban J connectivity index is 1.63. The summed E-state index contributed by atoms with van der Waals surface area (Å²) in [6.07, 6.45) is 1.60. The number of anilines is 1. The molecule has 3 aromatic rings. The third-order valence-electron chi connectivity index (χ3n) is 4.46. The van der Waals surface area contributed by atoms with E-state index in [1.54, 1.807) is 55.5 Å². The first kappa shape index (κ1) is 19.9. The number of hydrogen-bond donors (Lipinski definition) is 1. The van der Waals surface area contributed by atoms with Gasteiger partial charge < -0.3 is 9.52 Å². The number of aromatic carboxylic acids is 1. The minimum atomic E-state index is -1.08. The number of carbonyl (C=O) groups is 2. The fraction of sp³-hybridized carbons (Fsp3) is 0.0455. The van der Waals surface area contributed by atoms with Gasteiger partial charge in [0.05, 0.1) is 22.5 Å². The molecule has 0 saturated carbocycles. The number of carboxylic acid groups (broad SMARTS) is 1. The quantitative estimate of drug-likeness (QED) is 0.522. The van der Waals surface area contributed by atoms with Crippen LogP contribution in [0.25, 0.3) is 17.4 Å². The molecule has 0 atom stereocenters. The summed E-state index contributed by atoms with van der Waals surface area (Å²) in [4.78, 5) is 24.1. The lowest BCUT2D eigenvalue weighted by Crippen LogP contribution is -2.21. The number of nitrogens with zero attached hydrogens (tertiary/aromatic N) is 2. The molecule has 0 aliphatic carbocycles. The van der Waals surface area contributed by atoms with E-state index in [1.807, 2.05) is 0 Å². The van der Waals surface area contributed by atoms with E-state index in [-0.39, 0.29) is 11.5 Å². The highest BCUT2D eigenvalue weighted by Crippen LogP contribution is 2.30. The molecule has 1 aliphatic heterocycles. The molecule has 1 aromatic heterocycles. The fourth-order valence-electron chi connectivity index (χ4n) is 3.05. The van der Waals surface area contributed by atoms with Crippen molar-refractivity contribution < 1.29 is 19.1 Å². The van der Waals surface area contributed by atoms with Crippen molar-refractivity contribution >= 4 is 52.6 Å². The van der Waals surface area contributed by atoms with Gasteiger partial charge in [-0.15, -0.1) is 0 Å². The highest BCUT2D eigenvalue weighted by Gasteiger charge is 2.29. The lowest BCUT2D eigenvalue weighted by Gasteiger charge is -2.12. The summed E-state index contributed by atoms with van der Waals surface area (Å²) >= 11 is 12.1. The predicted octanol–water partition coefficient (Wildman–Crippen LogP) is 5.76. The maximum absolute atomic E-state index is 12.9. The van der Waals surface area contributed by atoms with Crippen LogP contribution in [0.4, 0.5) is 5.69 Å². The van der Waals surface area contributed by atoms with Crippen LogP contribution in [0.1, 0.15) is 23.0 Å². The average Bonchev–Trinajstić information content (AvgIpc) is 3.28. The Hall–Kier alpha value is -3.35. The SMILES string of the molecule is CC1=NN(c2cccc(C(=O)O)c2)C(=O)C1=Cc1ccc(-c2cc(Cl)cc(Cl)c2)o1. The Morgan fingerprint density at radius 3 is 2.53 bits per heavy atom. The van der Waals surface area contributed by atoms with Gasteiger partial charge in [0.1, 0.15) is 11.5 Å². The number of carbonyl (C=O) groups excluding carboxylic acids is 1. The van der Waals surface area contributed by atoms with E-state index in [4.69, 9.17) is 32.7 Å². The van der Waals surface area contributed by atoms with Gasteiger partial charge in [0.25, 0.3) is 5.91 Å². The molecule has 0 fully saturated rings. The summed E-state index contributed by atoms with van der Waals surface area (Å²) in [5.74, 6) is -0.444. The number of carboxylic acids is 1. The van der Waals surface area contributed by atoms with Gasteiger partial charge in [-0.3, -0.25) is 4.79 Å². The van der Waals surface area contributed by atoms with Crippen LogP contribution in [-0.2, 0) is 4.79 Å². The Morgan fingerprint density at radius 1 is 1.10 bits per heavy atom. The molecule has 0 unspecified atom stereocenters. The van der Waals surface area contributed by atoms with Crippen molar-refractivity contribution in [2.75, 3.05) is 5.01 Å². The topological polar surface area (TPSA) is 83.1 Å². The Labute approximate surface area is 181 Å². The summed E-state index contributed by atoms with van der Waals surface area (Å²) in [5.41, 5.74) is 2.00. The van der Waals surface area contributed by atoms with E-state index in [2.05, 4.69) is 5.10 Å². The summed E-state index contributed by atoms with van der Waals surface area (Å²) in [5, 5.41) is 15.6. The summed E-state index contributed by atoms with van der Waals surface area (Å²) < 4.78 is 5.83.